The fourth-order valence-corrected chi connectivity index (χ4v) is 2.05. The van der Waals surface area contributed by atoms with Gasteiger partial charge >= 0.3 is 0 Å². The van der Waals surface area contributed by atoms with Crippen molar-refractivity contribution in [1.29, 1.82) is 0 Å². The molecule has 0 radical (unpaired) electrons. The van der Waals surface area contributed by atoms with E-state index >= 15 is 0 Å². The Bertz CT molecular complexity index is 487. The van der Waals surface area contributed by atoms with Crippen molar-refractivity contribution in [3.8, 4) is 12.3 Å². The van der Waals surface area contributed by atoms with Crippen molar-refractivity contribution in [1.82, 2.24) is 14.6 Å². The molecule has 0 unspecified atom stereocenters. The standard InChI is InChI=1S/C9H9N3S/c1-4-7-6(3)12-9(10-7)13-8(5-2)11-12/h1H,5H2,2-3H3. The zero-order chi connectivity index (χ0) is 9.42. The molecule has 0 spiro atoms. The number of terminal acetylenes is 1. The second kappa shape index (κ2) is 2.86. The molecular formula is C9H9N3S. The molecule has 4 heteroatoms. The number of aromatic nitrogens is 3. The SMILES string of the molecule is C#Cc1nc2sc(CC)nn2c1C. The summed E-state index contributed by atoms with van der Waals surface area (Å²) in [6.45, 7) is 4.02. The Balaban J connectivity index is 2.71. The molecular weight excluding hydrogens is 182 g/mol. The van der Waals surface area contributed by atoms with Crippen molar-refractivity contribution in [3.63, 3.8) is 0 Å². The molecule has 2 aromatic heterocycles. The Morgan fingerprint density at radius 2 is 2.38 bits per heavy atom. The summed E-state index contributed by atoms with van der Waals surface area (Å²) in [6.07, 6.45) is 6.24. The molecule has 0 saturated carbocycles. The summed E-state index contributed by atoms with van der Waals surface area (Å²) in [5.41, 5.74) is 1.65. The lowest BCUT2D eigenvalue weighted by Crippen LogP contribution is -1.90. The normalized spacial score (nSPS) is 10.5. The summed E-state index contributed by atoms with van der Waals surface area (Å²) in [7, 11) is 0. The van der Waals surface area contributed by atoms with Crippen molar-refractivity contribution in [2.75, 3.05) is 0 Å². The average Bonchev–Trinajstić information content (AvgIpc) is 2.65. The molecule has 0 aliphatic heterocycles. The van der Waals surface area contributed by atoms with Crippen LogP contribution in [-0.4, -0.2) is 14.6 Å². The monoisotopic (exact) mass is 191 g/mol. The minimum Gasteiger partial charge on any atom is -0.208 e. The highest BCUT2D eigenvalue weighted by atomic mass is 32.1. The van der Waals surface area contributed by atoms with E-state index in [1.54, 1.807) is 11.3 Å². The first kappa shape index (κ1) is 8.27. The van der Waals surface area contributed by atoms with Gasteiger partial charge in [0.15, 0.2) is 0 Å². The maximum Gasteiger partial charge on any atom is 0.213 e. The van der Waals surface area contributed by atoms with Gasteiger partial charge in [-0.1, -0.05) is 18.3 Å². The molecule has 2 aromatic rings. The van der Waals surface area contributed by atoms with Gasteiger partial charge in [0.05, 0.1) is 5.69 Å². The molecule has 0 aliphatic rings. The van der Waals surface area contributed by atoms with Crippen LogP contribution in [0.4, 0.5) is 0 Å². The lowest BCUT2D eigenvalue weighted by Gasteiger charge is -1.87. The van der Waals surface area contributed by atoms with E-state index < -0.39 is 0 Å². The number of hydrogen-bond donors (Lipinski definition) is 0. The third-order valence-electron chi connectivity index (χ3n) is 1.91. The minimum absolute atomic E-state index is 0.696. The highest BCUT2D eigenvalue weighted by Gasteiger charge is 2.10. The first-order valence-electron chi connectivity index (χ1n) is 4.08. The first-order chi connectivity index (χ1) is 6.26. The van der Waals surface area contributed by atoms with Crippen LogP contribution in [0, 0.1) is 19.3 Å². The molecule has 0 saturated heterocycles. The number of hydrogen-bond acceptors (Lipinski definition) is 3. The molecule has 2 rings (SSSR count). The number of fused-ring (bicyclic) bond motifs is 1. The summed E-state index contributed by atoms with van der Waals surface area (Å²) >= 11 is 1.59. The summed E-state index contributed by atoms with van der Waals surface area (Å²) < 4.78 is 1.82. The summed E-state index contributed by atoms with van der Waals surface area (Å²) in [4.78, 5) is 5.17. The third kappa shape index (κ3) is 1.12. The van der Waals surface area contributed by atoms with Crippen LogP contribution in [0.5, 0.6) is 0 Å². The molecule has 66 valence electrons. The molecule has 0 aromatic carbocycles. The number of rotatable bonds is 1. The van der Waals surface area contributed by atoms with Crippen LogP contribution >= 0.6 is 11.3 Å². The van der Waals surface area contributed by atoms with Crippen LogP contribution in [0.15, 0.2) is 0 Å². The summed E-state index contributed by atoms with van der Waals surface area (Å²) in [5.74, 6) is 2.54. The lowest BCUT2D eigenvalue weighted by atomic mass is 10.4. The molecule has 13 heavy (non-hydrogen) atoms. The van der Waals surface area contributed by atoms with Gasteiger partial charge in [-0.15, -0.1) is 6.42 Å². The van der Waals surface area contributed by atoms with E-state index in [1.807, 2.05) is 11.4 Å². The second-order valence-electron chi connectivity index (χ2n) is 2.73. The topological polar surface area (TPSA) is 30.2 Å². The van der Waals surface area contributed by atoms with Gasteiger partial charge in [-0.3, -0.25) is 0 Å². The van der Waals surface area contributed by atoms with Gasteiger partial charge in [0, 0.05) is 0 Å². The third-order valence-corrected chi connectivity index (χ3v) is 2.96. The largest absolute Gasteiger partial charge is 0.213 e. The maximum absolute atomic E-state index is 5.30. The van der Waals surface area contributed by atoms with E-state index in [1.165, 1.54) is 0 Å². The number of nitrogens with zero attached hydrogens (tertiary/aromatic N) is 3. The van der Waals surface area contributed by atoms with Gasteiger partial charge in [-0.2, -0.15) is 5.10 Å². The fraction of sp³-hybridized carbons (Fsp3) is 0.333. The lowest BCUT2D eigenvalue weighted by molar-refractivity contribution is 0.880. The number of aryl methyl sites for hydroxylation is 2. The van der Waals surface area contributed by atoms with E-state index in [9.17, 15) is 0 Å². The van der Waals surface area contributed by atoms with Crippen LogP contribution in [0.25, 0.3) is 4.96 Å². The van der Waals surface area contributed by atoms with Gasteiger partial charge in [0.25, 0.3) is 0 Å². The predicted octanol–water partition coefficient (Wildman–Crippen LogP) is 1.64. The van der Waals surface area contributed by atoms with Crippen molar-refractivity contribution in [2.45, 2.75) is 20.3 Å². The van der Waals surface area contributed by atoms with E-state index in [2.05, 4.69) is 22.9 Å². The molecule has 0 aliphatic carbocycles. The average molecular weight is 191 g/mol. The van der Waals surface area contributed by atoms with Crippen LogP contribution in [0.3, 0.4) is 0 Å². The van der Waals surface area contributed by atoms with Crippen molar-refractivity contribution in [3.05, 3.63) is 16.4 Å². The predicted molar refractivity (Wildman–Crippen MR) is 52.9 cm³/mol. The van der Waals surface area contributed by atoms with Crippen molar-refractivity contribution in [2.24, 2.45) is 0 Å². The van der Waals surface area contributed by atoms with E-state index in [-0.39, 0.29) is 0 Å². The second-order valence-corrected chi connectivity index (χ2v) is 3.77. The quantitative estimate of drug-likeness (QED) is 0.641. The smallest absolute Gasteiger partial charge is 0.208 e. The molecule has 0 fully saturated rings. The molecule has 0 bridgehead atoms. The zero-order valence-electron chi connectivity index (χ0n) is 7.53. The van der Waals surface area contributed by atoms with E-state index in [0.29, 0.717) is 5.69 Å². The fourth-order valence-electron chi connectivity index (χ4n) is 1.17. The summed E-state index contributed by atoms with van der Waals surface area (Å²) in [5, 5.41) is 5.47. The van der Waals surface area contributed by atoms with Gasteiger partial charge in [0.1, 0.15) is 10.7 Å². The molecule has 0 N–H and O–H groups in total. The van der Waals surface area contributed by atoms with Crippen LogP contribution in [0.2, 0.25) is 0 Å². The Kier molecular flexibility index (Phi) is 1.82. The Morgan fingerprint density at radius 1 is 1.62 bits per heavy atom. The van der Waals surface area contributed by atoms with E-state index in [0.717, 1.165) is 22.1 Å². The van der Waals surface area contributed by atoms with Gasteiger partial charge in [-0.25, -0.2) is 9.50 Å². The van der Waals surface area contributed by atoms with Gasteiger partial charge in [-0.05, 0) is 19.3 Å². The Hall–Kier alpha value is -1.34. The van der Waals surface area contributed by atoms with Crippen LogP contribution < -0.4 is 0 Å². The van der Waals surface area contributed by atoms with E-state index in [4.69, 9.17) is 6.42 Å². The van der Waals surface area contributed by atoms with Gasteiger partial charge < -0.3 is 0 Å². The zero-order valence-corrected chi connectivity index (χ0v) is 8.35. The van der Waals surface area contributed by atoms with Gasteiger partial charge in [0.2, 0.25) is 4.96 Å². The Morgan fingerprint density at radius 3 is 2.92 bits per heavy atom. The number of imidazole rings is 1. The first-order valence-corrected chi connectivity index (χ1v) is 4.89. The Labute approximate surface area is 80.4 Å². The van der Waals surface area contributed by atoms with Crippen LogP contribution in [0.1, 0.15) is 23.3 Å². The highest BCUT2D eigenvalue weighted by Crippen LogP contribution is 2.17. The molecule has 0 amide bonds. The minimum atomic E-state index is 0.696. The summed E-state index contributed by atoms with van der Waals surface area (Å²) in [6, 6.07) is 0. The van der Waals surface area contributed by atoms with Crippen LogP contribution in [-0.2, 0) is 6.42 Å². The maximum atomic E-state index is 5.30. The van der Waals surface area contributed by atoms with Crippen molar-refractivity contribution < 1.29 is 0 Å². The molecule has 3 nitrogen and oxygen atoms in total. The molecule has 0 atom stereocenters. The molecule has 2 heterocycles. The highest BCUT2D eigenvalue weighted by molar-refractivity contribution is 7.16. The van der Waals surface area contributed by atoms with Crippen molar-refractivity contribution >= 4 is 16.3 Å².